The topological polar surface area (TPSA) is 20.2 Å². The van der Waals surface area contributed by atoms with E-state index in [0.717, 1.165) is 31.0 Å². The number of aliphatic hydroxyl groups is 1. The normalized spacial score (nSPS) is 12.8. The molecule has 0 radical (unpaired) electrons. The lowest BCUT2D eigenvalue weighted by atomic mass is 9.97. The molecule has 20 heavy (non-hydrogen) atoms. The number of hydrogen-bond acceptors (Lipinski definition) is 2. The van der Waals surface area contributed by atoms with Gasteiger partial charge in [0.05, 0.1) is 0 Å². The molecule has 0 fully saturated rings. The van der Waals surface area contributed by atoms with Crippen molar-refractivity contribution in [1.82, 2.24) is 0 Å². The van der Waals surface area contributed by atoms with Crippen LogP contribution in [0.4, 0.5) is 0 Å². The molecular formula is C16H12Br2OS. The fraction of sp³-hybridized carbons (Fsp3) is 0.125. The van der Waals surface area contributed by atoms with Crippen LogP contribution in [0.1, 0.15) is 22.8 Å². The summed E-state index contributed by atoms with van der Waals surface area (Å²) >= 11 is 8.74. The summed E-state index contributed by atoms with van der Waals surface area (Å²) in [4.78, 5) is 0. The quantitative estimate of drug-likeness (QED) is 0.563. The van der Waals surface area contributed by atoms with Gasteiger partial charge in [-0.25, -0.2) is 0 Å². The van der Waals surface area contributed by atoms with Crippen LogP contribution < -0.4 is 0 Å². The highest BCUT2D eigenvalue weighted by Gasteiger charge is 2.18. The molecule has 0 saturated carbocycles. The third kappa shape index (κ3) is 2.35. The Bertz CT molecular complexity index is 779. The highest BCUT2D eigenvalue weighted by Crippen LogP contribution is 2.38. The first kappa shape index (κ1) is 14.3. The van der Waals surface area contributed by atoms with Crippen LogP contribution in [0.3, 0.4) is 0 Å². The number of benzene rings is 2. The zero-order valence-electron chi connectivity index (χ0n) is 10.7. The predicted octanol–water partition coefficient (Wildman–Crippen LogP) is 5.82. The average molecular weight is 412 g/mol. The smallest absolute Gasteiger partial charge is 0.106 e. The number of aliphatic hydroxyl groups excluding tert-OH is 1. The van der Waals surface area contributed by atoms with E-state index in [-0.39, 0.29) is 0 Å². The largest absolute Gasteiger partial charge is 0.384 e. The lowest BCUT2D eigenvalue weighted by Gasteiger charge is -2.14. The van der Waals surface area contributed by atoms with Crippen LogP contribution in [0.2, 0.25) is 0 Å². The Hall–Kier alpha value is -0.680. The van der Waals surface area contributed by atoms with Gasteiger partial charge in [0, 0.05) is 19.2 Å². The van der Waals surface area contributed by atoms with Crippen molar-refractivity contribution in [3.63, 3.8) is 0 Å². The molecule has 1 N–H and O–H groups in total. The summed E-state index contributed by atoms with van der Waals surface area (Å²) in [5, 5.41) is 13.9. The van der Waals surface area contributed by atoms with Gasteiger partial charge in [-0.2, -0.15) is 0 Å². The van der Waals surface area contributed by atoms with Gasteiger partial charge < -0.3 is 5.11 Å². The summed E-state index contributed by atoms with van der Waals surface area (Å²) in [5.74, 6) is 0. The number of thiophene rings is 1. The molecule has 4 heteroatoms. The standard InChI is InChI=1S/C16H12Br2OS/c1-9-10(4-2-6-13(9)17)15(19)12-8-20-16-11(12)5-3-7-14(16)18/h2-8,15,19H,1H3. The highest BCUT2D eigenvalue weighted by molar-refractivity contribution is 9.11. The molecule has 0 spiro atoms. The van der Waals surface area contributed by atoms with E-state index in [1.54, 1.807) is 11.3 Å². The molecule has 1 atom stereocenters. The Morgan fingerprint density at radius 3 is 2.50 bits per heavy atom. The van der Waals surface area contributed by atoms with Crippen molar-refractivity contribution >= 4 is 53.3 Å². The van der Waals surface area contributed by atoms with Gasteiger partial charge in [-0.15, -0.1) is 11.3 Å². The molecule has 0 aliphatic heterocycles. The summed E-state index contributed by atoms with van der Waals surface area (Å²) in [6.07, 6.45) is -0.601. The Morgan fingerprint density at radius 1 is 1.00 bits per heavy atom. The number of hydrogen-bond donors (Lipinski definition) is 1. The summed E-state index contributed by atoms with van der Waals surface area (Å²) in [6.45, 7) is 2.02. The van der Waals surface area contributed by atoms with Gasteiger partial charge in [0.15, 0.2) is 0 Å². The van der Waals surface area contributed by atoms with Gasteiger partial charge in [-0.1, -0.05) is 40.2 Å². The molecule has 0 bridgehead atoms. The minimum Gasteiger partial charge on any atom is -0.384 e. The Balaban J connectivity index is 2.16. The molecule has 1 nitrogen and oxygen atoms in total. The van der Waals surface area contributed by atoms with Crippen molar-refractivity contribution in [2.45, 2.75) is 13.0 Å². The Kier molecular flexibility index (Phi) is 4.00. The first-order chi connectivity index (χ1) is 9.59. The minimum absolute atomic E-state index is 0.601. The first-order valence-electron chi connectivity index (χ1n) is 6.18. The Morgan fingerprint density at radius 2 is 1.70 bits per heavy atom. The molecular weight excluding hydrogens is 400 g/mol. The third-order valence-corrected chi connectivity index (χ3v) is 6.31. The summed E-state index contributed by atoms with van der Waals surface area (Å²) in [7, 11) is 0. The summed E-state index contributed by atoms with van der Waals surface area (Å²) in [5.41, 5.74) is 2.99. The molecule has 0 aliphatic carbocycles. The van der Waals surface area contributed by atoms with E-state index in [1.807, 2.05) is 42.6 Å². The average Bonchev–Trinajstić information content (AvgIpc) is 2.86. The van der Waals surface area contributed by atoms with E-state index in [1.165, 1.54) is 4.70 Å². The maximum Gasteiger partial charge on any atom is 0.106 e. The van der Waals surface area contributed by atoms with Gasteiger partial charge in [-0.3, -0.25) is 0 Å². The molecule has 3 rings (SSSR count). The van der Waals surface area contributed by atoms with Crippen LogP contribution in [-0.4, -0.2) is 5.11 Å². The second kappa shape index (κ2) is 5.60. The predicted molar refractivity (Wildman–Crippen MR) is 92.5 cm³/mol. The second-order valence-electron chi connectivity index (χ2n) is 4.66. The number of fused-ring (bicyclic) bond motifs is 1. The molecule has 2 aromatic carbocycles. The lowest BCUT2D eigenvalue weighted by molar-refractivity contribution is 0.221. The maximum absolute atomic E-state index is 10.7. The van der Waals surface area contributed by atoms with E-state index in [9.17, 15) is 5.11 Å². The van der Waals surface area contributed by atoms with Crippen LogP contribution >= 0.6 is 43.2 Å². The van der Waals surface area contributed by atoms with Crippen molar-refractivity contribution in [2.24, 2.45) is 0 Å². The third-order valence-electron chi connectivity index (χ3n) is 3.48. The van der Waals surface area contributed by atoms with Gasteiger partial charge in [0.2, 0.25) is 0 Å². The van der Waals surface area contributed by atoms with Crippen molar-refractivity contribution in [1.29, 1.82) is 0 Å². The molecule has 0 saturated heterocycles. The molecule has 1 aromatic heterocycles. The van der Waals surface area contributed by atoms with Crippen molar-refractivity contribution in [3.05, 3.63) is 67.4 Å². The monoisotopic (exact) mass is 410 g/mol. The van der Waals surface area contributed by atoms with Crippen LogP contribution in [0.5, 0.6) is 0 Å². The Labute approximate surface area is 138 Å². The first-order valence-corrected chi connectivity index (χ1v) is 8.65. The van der Waals surface area contributed by atoms with Crippen LogP contribution in [0.15, 0.2) is 50.7 Å². The van der Waals surface area contributed by atoms with E-state index >= 15 is 0 Å². The van der Waals surface area contributed by atoms with E-state index in [0.29, 0.717) is 0 Å². The van der Waals surface area contributed by atoms with E-state index in [4.69, 9.17) is 0 Å². The second-order valence-corrected chi connectivity index (χ2v) is 7.25. The zero-order chi connectivity index (χ0) is 14.3. The zero-order valence-corrected chi connectivity index (χ0v) is 14.7. The van der Waals surface area contributed by atoms with Gasteiger partial charge in [0.1, 0.15) is 6.10 Å². The van der Waals surface area contributed by atoms with Gasteiger partial charge in [-0.05, 0) is 56.9 Å². The van der Waals surface area contributed by atoms with Gasteiger partial charge >= 0.3 is 0 Å². The summed E-state index contributed by atoms with van der Waals surface area (Å²) < 4.78 is 3.27. The van der Waals surface area contributed by atoms with Crippen molar-refractivity contribution < 1.29 is 5.11 Å². The maximum atomic E-state index is 10.7. The fourth-order valence-electron chi connectivity index (χ4n) is 2.34. The summed E-state index contributed by atoms with van der Waals surface area (Å²) in [6, 6.07) is 12.0. The van der Waals surface area contributed by atoms with Crippen LogP contribution in [-0.2, 0) is 0 Å². The lowest BCUT2D eigenvalue weighted by Crippen LogP contribution is -2.01. The number of rotatable bonds is 2. The number of halogens is 2. The molecule has 0 amide bonds. The molecule has 1 heterocycles. The van der Waals surface area contributed by atoms with Crippen LogP contribution in [0.25, 0.3) is 10.1 Å². The molecule has 3 aromatic rings. The fourth-order valence-corrected chi connectivity index (χ4v) is 4.36. The SMILES string of the molecule is Cc1c(Br)cccc1C(O)c1csc2c(Br)cccc12. The van der Waals surface area contributed by atoms with Gasteiger partial charge in [0.25, 0.3) is 0 Å². The van der Waals surface area contributed by atoms with E-state index in [2.05, 4.69) is 37.9 Å². The molecule has 1 unspecified atom stereocenters. The van der Waals surface area contributed by atoms with Crippen molar-refractivity contribution in [2.75, 3.05) is 0 Å². The molecule has 0 aliphatic rings. The molecule has 102 valence electrons. The van der Waals surface area contributed by atoms with Crippen molar-refractivity contribution in [3.8, 4) is 0 Å². The van der Waals surface area contributed by atoms with Crippen LogP contribution in [0, 0.1) is 6.92 Å². The van der Waals surface area contributed by atoms with E-state index < -0.39 is 6.10 Å². The minimum atomic E-state index is -0.601. The highest BCUT2D eigenvalue weighted by atomic mass is 79.9.